The Morgan fingerprint density at radius 2 is 0.298 bits per heavy atom. The zero-order valence-electron chi connectivity index (χ0n) is 56.5. The lowest BCUT2D eigenvalue weighted by Gasteiger charge is -2.28. The van der Waals surface area contributed by atoms with Crippen molar-refractivity contribution in [3.63, 3.8) is 0 Å². The molecule has 0 aliphatic heterocycles. The maximum atomic E-state index is 6.69. The van der Waals surface area contributed by atoms with Crippen LogP contribution >= 0.6 is 0 Å². The van der Waals surface area contributed by atoms with E-state index < -0.39 is 0 Å². The van der Waals surface area contributed by atoms with Gasteiger partial charge in [-0.2, -0.15) is 0 Å². The van der Waals surface area contributed by atoms with E-state index >= 15 is 0 Å². The molecular weight excluding hydrogens is 1040 g/mol. The number of benzene rings is 6. The van der Waals surface area contributed by atoms with Gasteiger partial charge in [0.05, 0.1) is 170 Å². The summed E-state index contributed by atoms with van der Waals surface area (Å²) in [6.45, 7) is 5.01. The van der Waals surface area contributed by atoms with E-state index in [1.54, 1.807) is 0 Å². The number of nitrogens with zero attached hydrogens (tertiary/aromatic N) is 6. The molecule has 456 valence electrons. The Bertz CT molecular complexity index is 2610. The number of fused-ring (bicyclic) bond motifs is 12. The monoisotopic (exact) mass is 1150 g/mol. The molecule has 0 spiro atoms. The van der Waals surface area contributed by atoms with Crippen molar-refractivity contribution in [3.05, 3.63) is 173 Å². The second kappa shape index (κ2) is 25.5. The summed E-state index contributed by atoms with van der Waals surface area (Å²) < 4.78 is 44.7. The van der Waals surface area contributed by atoms with Crippen LogP contribution in [0.3, 0.4) is 0 Å². The van der Waals surface area contributed by atoms with Gasteiger partial charge in [0.25, 0.3) is 0 Å². The highest BCUT2D eigenvalue weighted by Gasteiger charge is 2.28. The quantitative estimate of drug-likeness (QED) is 0.0798. The summed E-state index contributed by atoms with van der Waals surface area (Å²) in [6, 6.07) is 28.5. The summed E-state index contributed by atoms with van der Waals surface area (Å²) >= 11 is 0. The van der Waals surface area contributed by atoms with Crippen LogP contribution in [0, 0.1) is 0 Å². The highest BCUT2D eigenvalue weighted by molar-refractivity contribution is 5.60. The normalized spacial score (nSPS) is 13.7. The zero-order valence-corrected chi connectivity index (χ0v) is 56.5. The molecule has 0 unspecified atom stereocenters. The first-order valence-electron chi connectivity index (χ1n) is 29.9. The van der Waals surface area contributed by atoms with E-state index in [1.807, 2.05) is 42.7 Å². The summed E-state index contributed by atoms with van der Waals surface area (Å²) in [6.07, 6.45) is 3.63. The maximum absolute atomic E-state index is 6.69. The topological polar surface area (TPSA) is 55.4 Å². The van der Waals surface area contributed by atoms with Gasteiger partial charge in [0.15, 0.2) is 0 Å². The van der Waals surface area contributed by atoms with E-state index in [4.69, 9.17) is 28.4 Å². The molecule has 0 saturated heterocycles. The van der Waals surface area contributed by atoms with Crippen molar-refractivity contribution in [2.45, 2.75) is 77.8 Å². The molecule has 7 rings (SSSR count). The second-order valence-corrected chi connectivity index (χ2v) is 30.4. The van der Waals surface area contributed by atoms with Crippen LogP contribution in [0.4, 0.5) is 0 Å². The molecule has 84 heavy (non-hydrogen) atoms. The smallest absolute Gasteiger partial charge is 0.125 e. The number of hydrogen-bond donors (Lipinski definition) is 0. The van der Waals surface area contributed by atoms with Crippen molar-refractivity contribution in [1.82, 2.24) is 0 Å². The minimum absolute atomic E-state index is 0.605. The summed E-state index contributed by atoms with van der Waals surface area (Å²) in [7, 11) is 51.8. The van der Waals surface area contributed by atoms with Gasteiger partial charge in [-0.3, -0.25) is 0 Å². The molecule has 0 aromatic heterocycles. The van der Waals surface area contributed by atoms with E-state index in [-0.39, 0.29) is 0 Å². The standard InChI is InChI=1S/C72H108N6O6/c1-73(2,3)43-49-25-55-37-57-27-50(44-74(4,5)6)29-59(68(57)80-20)39-61-31-52(46-76(10,11)12)33-63(70(61)82-22)41-65-35-54(48-78(16,17)18)36-66(72(65)84-24)42-64-34-53(47-77(13,14)15)32-62(71(64)83-23)40-60-30-51(45-75(7,8)9)28-58(69(60)81-21)38-56(26-49)67(55)79-19/h25-36H,37-48H2,1-24H3/q+6. The fourth-order valence-electron chi connectivity index (χ4n) is 13.2. The van der Waals surface area contributed by atoms with Crippen molar-refractivity contribution in [2.75, 3.05) is 170 Å². The van der Waals surface area contributed by atoms with Crippen molar-refractivity contribution in [3.8, 4) is 34.5 Å². The molecule has 0 atom stereocenters. The minimum atomic E-state index is 0.605. The third-order valence-corrected chi connectivity index (χ3v) is 15.3. The fourth-order valence-corrected chi connectivity index (χ4v) is 13.2. The minimum Gasteiger partial charge on any atom is -0.496 e. The van der Waals surface area contributed by atoms with Gasteiger partial charge in [0.1, 0.15) is 73.8 Å². The van der Waals surface area contributed by atoms with Crippen LogP contribution in [-0.2, 0) is 77.8 Å². The van der Waals surface area contributed by atoms with Gasteiger partial charge in [-0.15, -0.1) is 0 Å². The Kier molecular flexibility index (Phi) is 19.8. The summed E-state index contributed by atoms with van der Waals surface area (Å²) in [5.74, 6) is 5.32. The van der Waals surface area contributed by atoms with Gasteiger partial charge >= 0.3 is 0 Å². The average Bonchev–Trinajstić information content (AvgIpc) is 2.79. The van der Waals surface area contributed by atoms with Gasteiger partial charge < -0.3 is 55.3 Å². The molecule has 1 aliphatic rings. The maximum Gasteiger partial charge on any atom is 0.125 e. The Balaban J connectivity index is 1.64. The lowest BCUT2D eigenvalue weighted by atomic mass is 9.88. The molecule has 6 aromatic rings. The van der Waals surface area contributed by atoms with E-state index in [0.717, 1.165) is 167 Å². The third kappa shape index (κ3) is 17.5. The van der Waals surface area contributed by atoms with Gasteiger partial charge in [-0.25, -0.2) is 0 Å². The van der Waals surface area contributed by atoms with Crippen LogP contribution in [0.15, 0.2) is 72.8 Å². The van der Waals surface area contributed by atoms with Gasteiger partial charge in [0, 0.05) is 71.9 Å². The van der Waals surface area contributed by atoms with Crippen molar-refractivity contribution in [2.24, 2.45) is 0 Å². The highest BCUT2D eigenvalue weighted by atomic mass is 16.5. The highest BCUT2D eigenvalue weighted by Crippen LogP contribution is 2.43. The Hall–Kier alpha value is -6.12. The zero-order chi connectivity index (χ0) is 62.1. The third-order valence-electron chi connectivity index (χ3n) is 15.3. The fraction of sp³-hybridized carbons (Fsp3) is 0.500. The van der Waals surface area contributed by atoms with Gasteiger partial charge in [-0.1, -0.05) is 0 Å². The lowest BCUT2D eigenvalue weighted by Crippen LogP contribution is -2.33. The SMILES string of the molecule is COc1c2cc(C[N+](C)(C)C)cc1Cc1cc(C[N+](C)(C)C)cc(c1OC)Cc1cc(C[N+](C)(C)C)cc(c1OC)Cc1cc(C[N+](C)(C)C)cc(c1OC)Cc1cc(C[N+](C)(C)C)cc(c1OC)Cc1cc(C[N+](C)(C)C)cc(c1OC)C2. The molecule has 12 nitrogen and oxygen atoms in total. The first-order valence-corrected chi connectivity index (χ1v) is 29.9. The number of hydrogen-bond acceptors (Lipinski definition) is 6. The van der Waals surface area contributed by atoms with Gasteiger partial charge in [0.2, 0.25) is 0 Å². The van der Waals surface area contributed by atoms with Crippen LogP contribution in [-0.4, -0.2) is 196 Å². The molecule has 12 bridgehead atoms. The number of ether oxygens (including phenoxy) is 6. The molecule has 0 heterocycles. The summed E-state index contributed by atoms with van der Waals surface area (Å²) in [4.78, 5) is 0. The van der Waals surface area contributed by atoms with E-state index in [9.17, 15) is 0 Å². The van der Waals surface area contributed by atoms with Gasteiger partial charge in [-0.05, 0) is 140 Å². The molecule has 0 radical (unpaired) electrons. The van der Waals surface area contributed by atoms with Crippen molar-refractivity contribution in [1.29, 1.82) is 0 Å². The van der Waals surface area contributed by atoms with Crippen LogP contribution in [0.5, 0.6) is 34.5 Å². The first kappa shape index (κ1) is 65.4. The Morgan fingerprint density at radius 3 is 0.369 bits per heavy atom. The largest absolute Gasteiger partial charge is 0.496 e. The first-order chi connectivity index (χ1) is 39.0. The number of methoxy groups -OCH3 is 6. The molecular formula is C72H108N6O6+6. The predicted molar refractivity (Wildman–Crippen MR) is 345 cm³/mol. The van der Waals surface area contributed by atoms with Crippen molar-refractivity contribution >= 4 is 0 Å². The van der Waals surface area contributed by atoms with Crippen LogP contribution in [0.1, 0.15) is 100 Å². The average molecular weight is 1150 g/mol. The van der Waals surface area contributed by atoms with Crippen LogP contribution in [0.25, 0.3) is 0 Å². The Morgan fingerprint density at radius 1 is 0.202 bits per heavy atom. The molecule has 0 saturated carbocycles. The molecule has 12 heteroatoms. The van der Waals surface area contributed by atoms with Crippen LogP contribution < -0.4 is 28.4 Å². The summed E-state index contributed by atoms with van der Waals surface area (Å²) in [5.41, 5.74) is 21.0. The van der Waals surface area contributed by atoms with Crippen LogP contribution in [0.2, 0.25) is 0 Å². The molecule has 0 N–H and O–H groups in total. The number of quaternary nitrogens is 6. The van der Waals surface area contributed by atoms with E-state index in [1.165, 1.54) is 33.4 Å². The molecule has 0 amide bonds. The number of rotatable bonds is 18. The lowest BCUT2D eigenvalue weighted by molar-refractivity contribution is -0.884. The van der Waals surface area contributed by atoms with Crippen molar-refractivity contribution < 1.29 is 55.3 Å². The Labute approximate surface area is 507 Å². The molecule has 0 fully saturated rings. The van der Waals surface area contributed by atoms with E-state index in [0.29, 0.717) is 38.5 Å². The second-order valence-electron chi connectivity index (χ2n) is 30.4. The molecule has 6 aromatic carbocycles. The van der Waals surface area contributed by atoms with E-state index in [2.05, 4.69) is 200 Å². The molecule has 1 aliphatic carbocycles. The summed E-state index contributed by atoms with van der Waals surface area (Å²) in [5, 5.41) is 0. The predicted octanol–water partition coefficient (Wildman–Crippen LogP) is 10.8.